The van der Waals surface area contributed by atoms with E-state index in [1.807, 2.05) is 43.6 Å². The highest BCUT2D eigenvalue weighted by Crippen LogP contribution is 2.15. The predicted molar refractivity (Wildman–Crippen MR) is 85.4 cm³/mol. The summed E-state index contributed by atoms with van der Waals surface area (Å²) >= 11 is 1.57. The first-order chi connectivity index (χ1) is 10.3. The Kier molecular flexibility index (Phi) is 6.07. The van der Waals surface area contributed by atoms with Crippen LogP contribution in [0, 0.1) is 18.8 Å². The van der Waals surface area contributed by atoms with E-state index in [2.05, 4.69) is 21.8 Å². The highest BCUT2D eigenvalue weighted by molar-refractivity contribution is 7.99. The van der Waals surface area contributed by atoms with Crippen molar-refractivity contribution in [1.82, 2.24) is 9.97 Å². The van der Waals surface area contributed by atoms with Crippen LogP contribution in [0.25, 0.3) is 0 Å². The maximum atomic E-state index is 5.70. The van der Waals surface area contributed by atoms with Gasteiger partial charge in [-0.2, -0.15) is 0 Å². The van der Waals surface area contributed by atoms with Gasteiger partial charge in [-0.05, 0) is 30.7 Å². The molecular formula is C16H17N3OS. The average Bonchev–Trinajstić information content (AvgIpc) is 2.52. The van der Waals surface area contributed by atoms with Gasteiger partial charge in [-0.3, -0.25) is 0 Å². The summed E-state index contributed by atoms with van der Waals surface area (Å²) in [5.41, 5.74) is 7.33. The van der Waals surface area contributed by atoms with Crippen molar-refractivity contribution in [3.63, 3.8) is 0 Å². The van der Waals surface area contributed by atoms with Crippen molar-refractivity contribution in [3.05, 3.63) is 47.8 Å². The molecule has 0 bridgehead atoms. The fourth-order valence-corrected chi connectivity index (χ4v) is 2.17. The quantitative estimate of drug-likeness (QED) is 0.397. The summed E-state index contributed by atoms with van der Waals surface area (Å²) in [5.74, 6) is 7.42. The van der Waals surface area contributed by atoms with E-state index in [-0.39, 0.29) is 0 Å². The first-order valence-corrected chi connectivity index (χ1v) is 7.60. The summed E-state index contributed by atoms with van der Waals surface area (Å²) in [6.45, 7) is 2.92. The lowest BCUT2D eigenvalue weighted by atomic mass is 10.2. The third-order valence-electron chi connectivity index (χ3n) is 2.51. The molecule has 0 spiro atoms. The van der Waals surface area contributed by atoms with Gasteiger partial charge in [0.2, 0.25) is 0 Å². The van der Waals surface area contributed by atoms with Crippen LogP contribution in [0.2, 0.25) is 0 Å². The molecule has 1 aromatic heterocycles. The van der Waals surface area contributed by atoms with Crippen LogP contribution in [0.3, 0.4) is 0 Å². The van der Waals surface area contributed by atoms with Gasteiger partial charge in [0.25, 0.3) is 0 Å². The van der Waals surface area contributed by atoms with Crippen LogP contribution in [-0.2, 0) is 0 Å². The lowest BCUT2D eigenvalue weighted by Gasteiger charge is -2.06. The lowest BCUT2D eigenvalue weighted by Crippen LogP contribution is -2.01. The highest BCUT2D eigenvalue weighted by atomic mass is 32.2. The Hall–Kier alpha value is -2.03. The second-order valence-corrected chi connectivity index (χ2v) is 5.34. The van der Waals surface area contributed by atoms with Crippen LogP contribution in [0.4, 0.5) is 0 Å². The largest absolute Gasteiger partial charge is 0.493 e. The molecule has 0 radical (unpaired) electrons. The summed E-state index contributed by atoms with van der Waals surface area (Å²) in [6, 6.07) is 7.69. The molecule has 2 aromatic rings. The van der Waals surface area contributed by atoms with E-state index in [0.29, 0.717) is 13.2 Å². The Balaban J connectivity index is 1.79. The third-order valence-corrected chi connectivity index (χ3v) is 3.35. The van der Waals surface area contributed by atoms with Crippen molar-refractivity contribution in [3.8, 4) is 17.6 Å². The average molecular weight is 299 g/mol. The predicted octanol–water partition coefficient (Wildman–Crippen LogP) is 2.27. The number of benzene rings is 1. The minimum atomic E-state index is 0.359. The van der Waals surface area contributed by atoms with Crippen molar-refractivity contribution in [2.24, 2.45) is 5.73 Å². The molecule has 1 aromatic carbocycles. The summed E-state index contributed by atoms with van der Waals surface area (Å²) in [5, 5.41) is 0.770. The van der Waals surface area contributed by atoms with E-state index in [9.17, 15) is 0 Å². The van der Waals surface area contributed by atoms with Crippen molar-refractivity contribution in [2.45, 2.75) is 12.1 Å². The molecule has 2 rings (SSSR count). The van der Waals surface area contributed by atoms with Crippen molar-refractivity contribution in [2.75, 3.05) is 18.9 Å². The molecule has 4 nitrogen and oxygen atoms in total. The number of nitrogens with zero attached hydrogens (tertiary/aromatic N) is 2. The SMILES string of the molecule is Cc1cnc(SCCOc2cccc(C#CCN)c2)nc1. The second kappa shape index (κ2) is 8.30. The molecule has 0 aliphatic rings. The smallest absolute Gasteiger partial charge is 0.187 e. The minimum absolute atomic E-state index is 0.359. The number of hydrogen-bond donors (Lipinski definition) is 1. The maximum absolute atomic E-state index is 5.70. The first-order valence-electron chi connectivity index (χ1n) is 6.61. The standard InChI is InChI=1S/C16H17N3OS/c1-13-11-18-16(19-12-13)21-9-8-20-15-6-2-4-14(10-15)5-3-7-17/h2,4,6,10-12H,7-9,17H2,1H3. The molecule has 0 amide bonds. The first kappa shape index (κ1) is 15.4. The van der Waals surface area contributed by atoms with Crippen molar-refractivity contribution in [1.29, 1.82) is 0 Å². The topological polar surface area (TPSA) is 61.0 Å². The molecule has 0 fully saturated rings. The monoisotopic (exact) mass is 299 g/mol. The van der Waals surface area contributed by atoms with Crippen molar-refractivity contribution < 1.29 is 4.74 Å². The number of ether oxygens (including phenoxy) is 1. The summed E-state index contributed by atoms with van der Waals surface area (Å²) in [7, 11) is 0. The van der Waals surface area contributed by atoms with E-state index in [0.717, 1.165) is 27.8 Å². The Morgan fingerprint density at radius 3 is 2.86 bits per heavy atom. The van der Waals surface area contributed by atoms with Gasteiger partial charge < -0.3 is 10.5 Å². The molecular weight excluding hydrogens is 282 g/mol. The van der Waals surface area contributed by atoms with Gasteiger partial charge in [0.1, 0.15) is 5.75 Å². The zero-order valence-electron chi connectivity index (χ0n) is 11.9. The Morgan fingerprint density at radius 1 is 1.29 bits per heavy atom. The molecule has 1 heterocycles. The van der Waals surface area contributed by atoms with Gasteiger partial charge in [0.15, 0.2) is 5.16 Å². The van der Waals surface area contributed by atoms with Gasteiger partial charge in [-0.25, -0.2) is 9.97 Å². The number of thioether (sulfide) groups is 1. The van der Waals surface area contributed by atoms with Crippen LogP contribution in [0.5, 0.6) is 5.75 Å². The van der Waals surface area contributed by atoms with Crippen LogP contribution in [0.1, 0.15) is 11.1 Å². The van der Waals surface area contributed by atoms with Crippen LogP contribution >= 0.6 is 11.8 Å². The number of aromatic nitrogens is 2. The van der Waals surface area contributed by atoms with Gasteiger partial charge in [-0.1, -0.05) is 29.7 Å². The molecule has 5 heteroatoms. The summed E-state index contributed by atoms with van der Waals surface area (Å²) < 4.78 is 5.70. The molecule has 0 aliphatic heterocycles. The Bertz CT molecular complexity index is 632. The molecule has 21 heavy (non-hydrogen) atoms. The highest BCUT2D eigenvalue weighted by Gasteiger charge is 1.99. The lowest BCUT2D eigenvalue weighted by molar-refractivity contribution is 0.344. The van der Waals surface area contributed by atoms with Gasteiger partial charge >= 0.3 is 0 Å². The maximum Gasteiger partial charge on any atom is 0.187 e. The zero-order valence-corrected chi connectivity index (χ0v) is 12.7. The minimum Gasteiger partial charge on any atom is -0.493 e. The fraction of sp³-hybridized carbons (Fsp3) is 0.250. The number of rotatable bonds is 5. The molecule has 0 unspecified atom stereocenters. The zero-order chi connectivity index (χ0) is 14.9. The number of nitrogens with two attached hydrogens (primary N) is 1. The molecule has 0 aliphatic carbocycles. The molecule has 0 saturated heterocycles. The van der Waals surface area contributed by atoms with Gasteiger partial charge in [0.05, 0.1) is 13.2 Å². The Labute approximate surface area is 129 Å². The molecule has 108 valence electrons. The molecule has 0 saturated carbocycles. The summed E-state index contributed by atoms with van der Waals surface area (Å²) in [4.78, 5) is 8.47. The number of aryl methyl sites for hydroxylation is 1. The van der Waals surface area contributed by atoms with Crippen LogP contribution in [0.15, 0.2) is 41.8 Å². The fourth-order valence-electron chi connectivity index (χ4n) is 1.56. The Morgan fingerprint density at radius 2 is 2.10 bits per heavy atom. The van der Waals surface area contributed by atoms with E-state index in [1.54, 1.807) is 11.8 Å². The molecule has 0 atom stereocenters. The van der Waals surface area contributed by atoms with Crippen LogP contribution in [-0.4, -0.2) is 28.9 Å². The normalized spacial score (nSPS) is 9.81. The van der Waals surface area contributed by atoms with Gasteiger partial charge in [-0.15, -0.1) is 0 Å². The second-order valence-electron chi connectivity index (χ2n) is 4.27. The van der Waals surface area contributed by atoms with Gasteiger partial charge in [0, 0.05) is 23.7 Å². The van der Waals surface area contributed by atoms with E-state index >= 15 is 0 Å². The van der Waals surface area contributed by atoms with E-state index in [4.69, 9.17) is 10.5 Å². The third kappa shape index (κ3) is 5.46. The van der Waals surface area contributed by atoms with Crippen molar-refractivity contribution >= 4 is 11.8 Å². The summed E-state index contributed by atoms with van der Waals surface area (Å²) in [6.07, 6.45) is 3.63. The van der Waals surface area contributed by atoms with Crippen LogP contribution < -0.4 is 10.5 Å². The molecule has 2 N–H and O–H groups in total. The van der Waals surface area contributed by atoms with E-state index < -0.39 is 0 Å². The number of hydrogen-bond acceptors (Lipinski definition) is 5. The van der Waals surface area contributed by atoms with E-state index in [1.165, 1.54) is 0 Å².